The van der Waals surface area contributed by atoms with Gasteiger partial charge in [0.2, 0.25) is 0 Å². The third-order valence-electron chi connectivity index (χ3n) is 8.93. The molecule has 0 bridgehead atoms. The summed E-state index contributed by atoms with van der Waals surface area (Å²) in [5, 5.41) is 7.70. The van der Waals surface area contributed by atoms with Crippen LogP contribution in [-0.2, 0) is 5.41 Å². The largest absolute Gasteiger partial charge is 0.309 e. The standard InChI is InChI=1S/C42H33N/c1-42(2,3)30-24-25-36-37(27-30)41(35-21-8-7-20-34(35)40(36)28-14-5-4-6-15-28)29-16-13-17-31(26-29)43-38-22-11-9-18-32(38)33-19-10-12-23-39(33)43/h4-27H,1-3H3. The third-order valence-corrected chi connectivity index (χ3v) is 8.93. The molecule has 0 fully saturated rings. The number of fused-ring (bicyclic) bond motifs is 5. The molecule has 206 valence electrons. The summed E-state index contributed by atoms with van der Waals surface area (Å²) in [4.78, 5) is 0. The minimum Gasteiger partial charge on any atom is -0.309 e. The first-order valence-corrected chi connectivity index (χ1v) is 15.1. The van der Waals surface area contributed by atoms with Gasteiger partial charge in [-0.1, -0.05) is 136 Å². The molecule has 1 heterocycles. The van der Waals surface area contributed by atoms with Crippen LogP contribution < -0.4 is 0 Å². The van der Waals surface area contributed by atoms with E-state index < -0.39 is 0 Å². The second-order valence-corrected chi connectivity index (χ2v) is 12.6. The molecule has 0 atom stereocenters. The Morgan fingerprint density at radius 2 is 0.907 bits per heavy atom. The van der Waals surface area contributed by atoms with E-state index >= 15 is 0 Å². The zero-order valence-corrected chi connectivity index (χ0v) is 24.8. The van der Waals surface area contributed by atoms with E-state index in [9.17, 15) is 0 Å². The predicted octanol–water partition coefficient (Wildman–Crippen LogP) is 11.7. The number of para-hydroxylation sites is 2. The molecular formula is C42H33N. The molecule has 0 spiro atoms. The van der Waals surface area contributed by atoms with Gasteiger partial charge in [-0.2, -0.15) is 0 Å². The predicted molar refractivity (Wildman–Crippen MR) is 185 cm³/mol. The Hall–Kier alpha value is -5.14. The molecule has 0 saturated carbocycles. The van der Waals surface area contributed by atoms with Crippen LogP contribution in [0.4, 0.5) is 0 Å². The maximum Gasteiger partial charge on any atom is 0.0541 e. The molecule has 1 aromatic heterocycles. The first-order valence-electron chi connectivity index (χ1n) is 15.1. The lowest BCUT2D eigenvalue weighted by molar-refractivity contribution is 0.591. The second kappa shape index (κ2) is 9.71. The molecule has 0 N–H and O–H groups in total. The molecule has 0 unspecified atom stereocenters. The highest BCUT2D eigenvalue weighted by molar-refractivity contribution is 6.21. The maximum absolute atomic E-state index is 2.44. The van der Waals surface area contributed by atoms with Crippen molar-refractivity contribution >= 4 is 43.4 Å². The fourth-order valence-corrected chi connectivity index (χ4v) is 6.87. The summed E-state index contributed by atoms with van der Waals surface area (Å²) < 4.78 is 2.41. The summed E-state index contributed by atoms with van der Waals surface area (Å²) in [7, 11) is 0. The van der Waals surface area contributed by atoms with Crippen molar-refractivity contribution in [3.05, 3.63) is 151 Å². The fourth-order valence-electron chi connectivity index (χ4n) is 6.87. The van der Waals surface area contributed by atoms with Crippen molar-refractivity contribution in [1.82, 2.24) is 4.57 Å². The number of hydrogen-bond acceptors (Lipinski definition) is 0. The molecule has 1 heteroatoms. The van der Waals surface area contributed by atoms with E-state index in [1.165, 1.54) is 76.9 Å². The normalized spacial score (nSPS) is 12.1. The van der Waals surface area contributed by atoms with Crippen molar-refractivity contribution in [3.8, 4) is 27.9 Å². The third kappa shape index (κ3) is 4.07. The van der Waals surface area contributed by atoms with Crippen LogP contribution in [0.2, 0.25) is 0 Å². The molecule has 0 saturated heterocycles. The van der Waals surface area contributed by atoms with E-state index in [4.69, 9.17) is 0 Å². The second-order valence-electron chi connectivity index (χ2n) is 12.6. The van der Waals surface area contributed by atoms with Crippen molar-refractivity contribution in [3.63, 3.8) is 0 Å². The van der Waals surface area contributed by atoms with Gasteiger partial charge in [-0.15, -0.1) is 0 Å². The van der Waals surface area contributed by atoms with Gasteiger partial charge in [-0.25, -0.2) is 0 Å². The van der Waals surface area contributed by atoms with Crippen LogP contribution in [0.1, 0.15) is 26.3 Å². The van der Waals surface area contributed by atoms with Gasteiger partial charge < -0.3 is 4.57 Å². The van der Waals surface area contributed by atoms with Gasteiger partial charge in [0.05, 0.1) is 11.0 Å². The van der Waals surface area contributed by atoms with E-state index in [1.807, 2.05) is 0 Å². The Morgan fingerprint density at radius 1 is 0.395 bits per heavy atom. The summed E-state index contributed by atoms with van der Waals surface area (Å²) in [5.41, 5.74) is 10.1. The lowest BCUT2D eigenvalue weighted by Gasteiger charge is -2.23. The van der Waals surface area contributed by atoms with Crippen molar-refractivity contribution in [2.75, 3.05) is 0 Å². The summed E-state index contributed by atoms with van der Waals surface area (Å²) in [6.07, 6.45) is 0. The SMILES string of the molecule is CC(C)(C)c1ccc2c(-c3ccccc3)c3ccccc3c(-c3cccc(-n4c5ccccc5c5ccccc54)c3)c2c1. The Labute approximate surface area is 252 Å². The average molecular weight is 552 g/mol. The van der Waals surface area contributed by atoms with Crippen molar-refractivity contribution in [1.29, 1.82) is 0 Å². The van der Waals surface area contributed by atoms with Gasteiger partial charge in [0, 0.05) is 16.5 Å². The van der Waals surface area contributed by atoms with E-state index in [1.54, 1.807) is 0 Å². The minimum absolute atomic E-state index is 0.0365. The van der Waals surface area contributed by atoms with Crippen LogP contribution in [0, 0.1) is 0 Å². The Bertz CT molecular complexity index is 2260. The maximum atomic E-state index is 2.44. The summed E-state index contributed by atoms with van der Waals surface area (Å²) in [6.45, 7) is 6.90. The lowest BCUT2D eigenvalue weighted by Crippen LogP contribution is -2.10. The van der Waals surface area contributed by atoms with Crippen LogP contribution in [-0.4, -0.2) is 4.57 Å². The van der Waals surface area contributed by atoms with Gasteiger partial charge in [-0.05, 0) is 85.1 Å². The summed E-state index contributed by atoms with van der Waals surface area (Å²) in [6, 6.07) is 53.5. The molecule has 0 radical (unpaired) electrons. The first-order chi connectivity index (χ1) is 21.0. The van der Waals surface area contributed by atoms with Gasteiger partial charge in [-0.3, -0.25) is 0 Å². The van der Waals surface area contributed by atoms with Crippen LogP contribution in [0.3, 0.4) is 0 Å². The number of nitrogens with zero attached hydrogens (tertiary/aromatic N) is 1. The average Bonchev–Trinajstić information content (AvgIpc) is 3.38. The van der Waals surface area contributed by atoms with Crippen molar-refractivity contribution < 1.29 is 0 Å². The number of benzene rings is 7. The fraction of sp³-hybridized carbons (Fsp3) is 0.0952. The monoisotopic (exact) mass is 551 g/mol. The molecule has 43 heavy (non-hydrogen) atoms. The number of aromatic nitrogens is 1. The Kier molecular flexibility index (Phi) is 5.77. The minimum atomic E-state index is 0.0365. The molecule has 0 aliphatic heterocycles. The highest BCUT2D eigenvalue weighted by Crippen LogP contribution is 2.45. The van der Waals surface area contributed by atoms with Gasteiger partial charge >= 0.3 is 0 Å². The number of rotatable bonds is 3. The van der Waals surface area contributed by atoms with E-state index in [-0.39, 0.29) is 5.41 Å². The smallest absolute Gasteiger partial charge is 0.0541 e. The molecule has 0 aliphatic carbocycles. The lowest BCUT2D eigenvalue weighted by atomic mass is 9.81. The van der Waals surface area contributed by atoms with Crippen molar-refractivity contribution in [2.45, 2.75) is 26.2 Å². The molecule has 0 aliphatic rings. The molecule has 8 aromatic rings. The molecule has 8 rings (SSSR count). The first kappa shape index (κ1) is 25.6. The van der Waals surface area contributed by atoms with E-state index in [2.05, 4.69) is 171 Å². The van der Waals surface area contributed by atoms with Gasteiger partial charge in [0.15, 0.2) is 0 Å². The number of hydrogen-bond donors (Lipinski definition) is 0. The molecular weight excluding hydrogens is 518 g/mol. The highest BCUT2D eigenvalue weighted by Gasteiger charge is 2.21. The molecule has 1 nitrogen and oxygen atoms in total. The molecule has 7 aromatic carbocycles. The van der Waals surface area contributed by atoms with E-state index in [0.29, 0.717) is 0 Å². The highest BCUT2D eigenvalue weighted by atomic mass is 15.0. The van der Waals surface area contributed by atoms with Crippen LogP contribution in [0.5, 0.6) is 0 Å². The Balaban J connectivity index is 1.48. The quantitative estimate of drug-likeness (QED) is 0.192. The van der Waals surface area contributed by atoms with Crippen LogP contribution >= 0.6 is 0 Å². The van der Waals surface area contributed by atoms with Crippen LogP contribution in [0.15, 0.2) is 146 Å². The zero-order chi connectivity index (χ0) is 29.1. The zero-order valence-electron chi connectivity index (χ0n) is 24.8. The topological polar surface area (TPSA) is 4.93 Å². The van der Waals surface area contributed by atoms with Gasteiger partial charge in [0.1, 0.15) is 0 Å². The van der Waals surface area contributed by atoms with Crippen LogP contribution in [0.25, 0.3) is 71.3 Å². The van der Waals surface area contributed by atoms with Gasteiger partial charge in [0.25, 0.3) is 0 Å². The molecule has 0 amide bonds. The Morgan fingerprint density at radius 3 is 1.53 bits per heavy atom. The summed E-state index contributed by atoms with van der Waals surface area (Å²) >= 11 is 0. The van der Waals surface area contributed by atoms with E-state index in [0.717, 1.165) is 0 Å². The summed E-state index contributed by atoms with van der Waals surface area (Å²) in [5.74, 6) is 0. The van der Waals surface area contributed by atoms with Crippen molar-refractivity contribution in [2.24, 2.45) is 0 Å².